The van der Waals surface area contributed by atoms with Crippen molar-refractivity contribution in [2.75, 3.05) is 0 Å². The molecule has 0 radical (unpaired) electrons. The summed E-state index contributed by atoms with van der Waals surface area (Å²) in [6, 6.07) is 0.725. The number of hydrogen-bond donors (Lipinski definition) is 1. The van der Waals surface area contributed by atoms with E-state index in [9.17, 15) is 22.0 Å². The third-order valence-electron chi connectivity index (χ3n) is 1.62. The molecule has 0 fully saturated rings. The fraction of sp³-hybridized carbons (Fsp3) is 0.125. The largest absolute Gasteiger partial charge is 0.417 e. The van der Waals surface area contributed by atoms with E-state index in [4.69, 9.17) is 5.21 Å². The fourth-order valence-corrected chi connectivity index (χ4v) is 0.997. The van der Waals surface area contributed by atoms with Gasteiger partial charge in [0.25, 0.3) is 0 Å². The first-order valence-corrected chi connectivity index (χ1v) is 3.60. The van der Waals surface area contributed by atoms with Gasteiger partial charge in [-0.1, -0.05) is 5.16 Å². The van der Waals surface area contributed by atoms with Crippen molar-refractivity contribution in [2.24, 2.45) is 5.16 Å². The van der Waals surface area contributed by atoms with Crippen LogP contribution in [-0.2, 0) is 6.18 Å². The number of rotatable bonds is 1. The molecular formula is C8H4F5NO. The van der Waals surface area contributed by atoms with E-state index in [2.05, 4.69) is 5.16 Å². The molecular weight excluding hydrogens is 221 g/mol. The van der Waals surface area contributed by atoms with Gasteiger partial charge in [0.05, 0.1) is 11.8 Å². The van der Waals surface area contributed by atoms with Crippen molar-refractivity contribution in [1.29, 1.82) is 0 Å². The third-order valence-corrected chi connectivity index (χ3v) is 1.62. The summed E-state index contributed by atoms with van der Waals surface area (Å²) in [5, 5.41) is 10.3. The molecule has 7 heteroatoms. The lowest BCUT2D eigenvalue weighted by Gasteiger charge is -2.10. The van der Waals surface area contributed by atoms with E-state index in [-0.39, 0.29) is 6.21 Å². The van der Waals surface area contributed by atoms with Crippen molar-refractivity contribution in [3.8, 4) is 0 Å². The van der Waals surface area contributed by atoms with Crippen LogP contribution in [0.15, 0.2) is 17.3 Å². The van der Waals surface area contributed by atoms with Crippen molar-refractivity contribution in [1.82, 2.24) is 0 Å². The Bertz CT molecular complexity index is 399. The van der Waals surface area contributed by atoms with Crippen LogP contribution >= 0.6 is 0 Å². The molecule has 1 N–H and O–H groups in total. The molecule has 0 atom stereocenters. The van der Waals surface area contributed by atoms with Gasteiger partial charge in [-0.25, -0.2) is 8.78 Å². The number of halogens is 5. The Morgan fingerprint density at radius 3 is 2.27 bits per heavy atom. The van der Waals surface area contributed by atoms with Crippen LogP contribution in [0.5, 0.6) is 0 Å². The molecule has 0 aliphatic carbocycles. The lowest BCUT2D eigenvalue weighted by molar-refractivity contribution is -0.137. The zero-order chi connectivity index (χ0) is 11.6. The summed E-state index contributed by atoms with van der Waals surface area (Å²) in [6.07, 6.45) is -4.65. The number of nitrogens with zero attached hydrogens (tertiary/aromatic N) is 1. The highest BCUT2D eigenvalue weighted by molar-refractivity contribution is 5.82. The minimum atomic E-state index is -4.84. The summed E-state index contributed by atoms with van der Waals surface area (Å²) in [4.78, 5) is 0. The quantitative estimate of drug-likeness (QED) is 0.339. The molecule has 0 aliphatic heterocycles. The maximum absolute atomic E-state index is 12.9. The molecule has 0 aromatic heterocycles. The van der Waals surface area contributed by atoms with Gasteiger partial charge in [-0.15, -0.1) is 0 Å². The van der Waals surface area contributed by atoms with Crippen molar-refractivity contribution >= 4 is 6.21 Å². The maximum atomic E-state index is 12.9. The molecule has 1 rings (SSSR count). The molecule has 1 aromatic carbocycles. The van der Waals surface area contributed by atoms with Gasteiger partial charge in [0.1, 0.15) is 0 Å². The minimum absolute atomic E-state index is 0.196. The standard InChI is InChI=1S/C8H4F5NO/c9-6-2-1-5(8(11,12)13)4(3-14-15)7(6)10/h1-3,15H. The van der Waals surface area contributed by atoms with Gasteiger partial charge >= 0.3 is 6.18 Å². The highest BCUT2D eigenvalue weighted by atomic mass is 19.4. The second-order valence-electron chi connectivity index (χ2n) is 2.56. The SMILES string of the molecule is ON=Cc1c(C(F)(F)F)ccc(F)c1F. The highest BCUT2D eigenvalue weighted by Gasteiger charge is 2.35. The number of hydrogen-bond acceptors (Lipinski definition) is 2. The molecule has 0 heterocycles. The Kier molecular flexibility index (Phi) is 2.92. The number of alkyl halides is 3. The van der Waals surface area contributed by atoms with E-state index >= 15 is 0 Å². The maximum Gasteiger partial charge on any atom is 0.417 e. The fourth-order valence-electron chi connectivity index (χ4n) is 0.997. The summed E-state index contributed by atoms with van der Waals surface area (Å²) in [6.45, 7) is 0. The molecule has 2 nitrogen and oxygen atoms in total. The zero-order valence-electron chi connectivity index (χ0n) is 7.02. The monoisotopic (exact) mass is 225 g/mol. The van der Waals surface area contributed by atoms with E-state index in [0.717, 1.165) is 0 Å². The first-order chi connectivity index (χ1) is 6.88. The normalized spacial score (nSPS) is 12.3. The zero-order valence-corrected chi connectivity index (χ0v) is 7.02. The van der Waals surface area contributed by atoms with Gasteiger partial charge in [-0.05, 0) is 12.1 Å². The molecule has 15 heavy (non-hydrogen) atoms. The Morgan fingerprint density at radius 1 is 1.20 bits per heavy atom. The lowest BCUT2D eigenvalue weighted by atomic mass is 10.1. The summed E-state index contributed by atoms with van der Waals surface area (Å²) in [5.74, 6) is -3.15. The van der Waals surface area contributed by atoms with Crippen molar-refractivity contribution < 1.29 is 27.2 Å². The van der Waals surface area contributed by atoms with Crippen molar-refractivity contribution in [3.63, 3.8) is 0 Å². The first kappa shape index (κ1) is 11.4. The smallest absolute Gasteiger partial charge is 0.411 e. The summed E-state index contributed by atoms with van der Waals surface area (Å²) in [7, 11) is 0. The predicted molar refractivity (Wildman–Crippen MR) is 40.7 cm³/mol. The summed E-state index contributed by atoms with van der Waals surface area (Å²) < 4.78 is 62.2. The first-order valence-electron chi connectivity index (χ1n) is 3.60. The van der Waals surface area contributed by atoms with Gasteiger partial charge < -0.3 is 5.21 Å². The molecule has 82 valence electrons. The third kappa shape index (κ3) is 2.23. The average molecular weight is 225 g/mol. The number of oxime groups is 1. The average Bonchev–Trinajstić information content (AvgIpc) is 2.11. The Labute approximate surface area is 80.6 Å². The second-order valence-corrected chi connectivity index (χ2v) is 2.56. The summed E-state index contributed by atoms with van der Waals surface area (Å²) >= 11 is 0. The minimum Gasteiger partial charge on any atom is -0.411 e. The lowest BCUT2D eigenvalue weighted by Crippen LogP contribution is -2.11. The summed E-state index contributed by atoms with van der Waals surface area (Å²) in [5.41, 5.74) is -2.54. The predicted octanol–water partition coefficient (Wildman–Crippen LogP) is 2.79. The van der Waals surface area contributed by atoms with Crippen LogP contribution in [0, 0.1) is 11.6 Å². The van der Waals surface area contributed by atoms with E-state index in [1.807, 2.05) is 0 Å². The molecule has 0 bridgehead atoms. The Balaban J connectivity index is 3.47. The second kappa shape index (κ2) is 3.84. The van der Waals surface area contributed by atoms with Crippen LogP contribution in [0.3, 0.4) is 0 Å². The van der Waals surface area contributed by atoms with E-state index in [1.54, 1.807) is 0 Å². The van der Waals surface area contributed by atoms with Crippen molar-refractivity contribution in [3.05, 3.63) is 34.9 Å². The van der Waals surface area contributed by atoms with Crippen LogP contribution in [0.1, 0.15) is 11.1 Å². The number of benzene rings is 1. The van der Waals surface area contributed by atoms with Gasteiger partial charge in [-0.2, -0.15) is 13.2 Å². The van der Waals surface area contributed by atoms with Gasteiger partial charge in [0, 0.05) is 5.56 Å². The topological polar surface area (TPSA) is 32.6 Å². The van der Waals surface area contributed by atoms with Gasteiger partial charge in [0.15, 0.2) is 11.6 Å². The van der Waals surface area contributed by atoms with Crippen LogP contribution in [-0.4, -0.2) is 11.4 Å². The van der Waals surface area contributed by atoms with E-state index in [1.165, 1.54) is 0 Å². The molecule has 0 unspecified atom stereocenters. The molecule has 1 aromatic rings. The van der Waals surface area contributed by atoms with E-state index < -0.39 is 28.9 Å². The van der Waals surface area contributed by atoms with Crippen molar-refractivity contribution in [2.45, 2.75) is 6.18 Å². The van der Waals surface area contributed by atoms with Crippen LogP contribution in [0.25, 0.3) is 0 Å². The van der Waals surface area contributed by atoms with Gasteiger partial charge in [0.2, 0.25) is 0 Å². The molecule has 0 aliphatic rings. The molecule has 0 spiro atoms. The van der Waals surface area contributed by atoms with Crippen LogP contribution in [0.2, 0.25) is 0 Å². The van der Waals surface area contributed by atoms with E-state index in [0.29, 0.717) is 12.1 Å². The van der Waals surface area contributed by atoms with Gasteiger partial charge in [-0.3, -0.25) is 0 Å². The van der Waals surface area contributed by atoms with Crippen LogP contribution < -0.4 is 0 Å². The molecule has 0 amide bonds. The molecule has 0 saturated heterocycles. The highest BCUT2D eigenvalue weighted by Crippen LogP contribution is 2.32. The Hall–Kier alpha value is -1.66. The molecule has 0 saturated carbocycles. The Morgan fingerprint density at radius 2 is 1.80 bits per heavy atom. The van der Waals surface area contributed by atoms with Crippen LogP contribution in [0.4, 0.5) is 22.0 Å².